The standard InChI is InChI=1S/C16H15N5O7S2.C6H13NO5/c1-2-6-4-29-14-10(13(25)21(14)11(6)15(26)27)19-12(24)9(20-28-3-8(22)23)7-5-30-16(17)18-7;7-3-5(10)4(9)2(1-8)12-6(3)11/h2,5,10,14H,1,3-4H2,(H2,17,18)(H,19,24)(H,22,23)(H,26,27);2-6,8-11H,1,7H2/b20-9-;/t10-,14-;2-,3-,4-,5-,6-/m11/s1. The molecule has 0 bridgehead atoms. The zero-order chi connectivity index (χ0) is 31.3. The lowest BCUT2D eigenvalue weighted by Gasteiger charge is -2.49. The maximum absolute atomic E-state index is 12.7. The van der Waals surface area contributed by atoms with Gasteiger partial charge >= 0.3 is 11.9 Å². The molecule has 230 valence electrons. The number of thiazole rings is 1. The van der Waals surface area contributed by atoms with Gasteiger partial charge in [0.2, 0.25) is 6.61 Å². The van der Waals surface area contributed by atoms with E-state index in [2.05, 4.69) is 26.9 Å². The lowest BCUT2D eigenvalue weighted by Crippen LogP contribution is -2.71. The molecule has 3 aliphatic heterocycles. The van der Waals surface area contributed by atoms with E-state index in [1.165, 1.54) is 23.2 Å². The van der Waals surface area contributed by atoms with Gasteiger partial charge in [0, 0.05) is 11.1 Å². The molecule has 0 radical (unpaired) electrons. The van der Waals surface area contributed by atoms with E-state index < -0.39 is 79.0 Å². The number of carboxylic acid groups (broad SMARTS) is 2. The zero-order valence-electron chi connectivity index (χ0n) is 21.5. The number of aromatic nitrogens is 1. The Balaban J connectivity index is 0.000000337. The molecule has 0 saturated carbocycles. The molecule has 4 heterocycles. The van der Waals surface area contributed by atoms with Gasteiger partial charge in [-0.25, -0.2) is 14.6 Å². The van der Waals surface area contributed by atoms with Gasteiger partial charge in [-0.15, -0.1) is 23.1 Å². The van der Waals surface area contributed by atoms with Crippen LogP contribution in [0.2, 0.25) is 0 Å². The van der Waals surface area contributed by atoms with Gasteiger partial charge in [0.05, 0.1) is 12.6 Å². The molecule has 1 aromatic rings. The first kappa shape index (κ1) is 32.9. The van der Waals surface area contributed by atoms with Crippen LogP contribution in [0, 0.1) is 0 Å². The molecular formula is C22H28N6O12S2. The number of amides is 2. The SMILES string of the molecule is C=CC1=C(C(=O)O)N2C(=O)[C@@H](NC(=O)/C(=N\OCC(=O)O)c3csc(N)n3)[C@H]2SC1.N[C@@H]1[C@@H](O)[C@H](O)[C@@H](CO)O[C@H]1O. The predicted molar refractivity (Wildman–Crippen MR) is 144 cm³/mol. The minimum atomic E-state index is -1.35. The van der Waals surface area contributed by atoms with Gasteiger partial charge in [-0.1, -0.05) is 17.8 Å². The second-order valence-electron chi connectivity index (χ2n) is 8.73. The minimum Gasteiger partial charge on any atom is -0.479 e. The number of anilines is 1. The fourth-order valence-corrected chi connectivity index (χ4v) is 5.77. The number of β-lactam (4-membered cyclic amide) rings is 1. The van der Waals surface area contributed by atoms with Crippen LogP contribution >= 0.6 is 23.1 Å². The Kier molecular flexibility index (Phi) is 11.0. The maximum Gasteiger partial charge on any atom is 0.352 e. The highest BCUT2D eigenvalue weighted by Gasteiger charge is 2.54. The molecule has 11 N–H and O–H groups in total. The molecule has 1 aromatic heterocycles. The summed E-state index contributed by atoms with van der Waals surface area (Å²) < 4.78 is 4.70. The molecule has 18 nitrogen and oxygen atoms in total. The van der Waals surface area contributed by atoms with Crippen LogP contribution in [-0.4, -0.2) is 131 Å². The Morgan fingerprint density at radius 3 is 2.52 bits per heavy atom. The number of nitrogens with zero attached hydrogens (tertiary/aromatic N) is 3. The number of allylic oxidation sites excluding steroid dienone is 1. The third-order valence-electron chi connectivity index (χ3n) is 6.01. The number of fused-ring (bicyclic) bond motifs is 1. The van der Waals surface area contributed by atoms with Crippen molar-refractivity contribution in [1.82, 2.24) is 15.2 Å². The Hall–Kier alpha value is -3.63. The number of carboxylic acids is 2. The fourth-order valence-electron chi connectivity index (χ4n) is 3.88. The quantitative estimate of drug-likeness (QED) is 0.0716. The van der Waals surface area contributed by atoms with Crippen LogP contribution in [-0.2, 0) is 28.8 Å². The molecule has 3 aliphatic rings. The van der Waals surface area contributed by atoms with E-state index in [1.807, 2.05) is 0 Å². The number of aliphatic carboxylic acids is 2. The smallest absolute Gasteiger partial charge is 0.352 e. The number of nitrogens with two attached hydrogens (primary N) is 2. The average Bonchev–Trinajstić information content (AvgIpc) is 3.39. The van der Waals surface area contributed by atoms with E-state index in [0.717, 1.165) is 16.2 Å². The molecule has 7 atom stereocenters. The number of carbonyl (C=O) groups excluding carboxylic acids is 2. The van der Waals surface area contributed by atoms with Crippen LogP contribution in [0.5, 0.6) is 0 Å². The summed E-state index contributed by atoms with van der Waals surface area (Å²) in [6.45, 7) is 2.30. The second kappa shape index (κ2) is 14.0. The predicted octanol–water partition coefficient (Wildman–Crippen LogP) is -3.80. The van der Waals surface area contributed by atoms with Gasteiger partial charge in [0.1, 0.15) is 41.1 Å². The van der Waals surface area contributed by atoms with Crippen LogP contribution in [0.15, 0.2) is 34.5 Å². The van der Waals surface area contributed by atoms with Crippen LogP contribution in [0.3, 0.4) is 0 Å². The highest BCUT2D eigenvalue weighted by Crippen LogP contribution is 2.40. The van der Waals surface area contributed by atoms with Crippen molar-refractivity contribution in [2.75, 3.05) is 24.7 Å². The normalized spacial score (nSPS) is 29.0. The maximum atomic E-state index is 12.7. The number of hydrogen-bond acceptors (Lipinski definition) is 16. The first-order valence-electron chi connectivity index (χ1n) is 11.9. The first-order valence-corrected chi connectivity index (χ1v) is 13.8. The summed E-state index contributed by atoms with van der Waals surface area (Å²) in [5, 5.41) is 61.1. The number of nitrogen functional groups attached to an aromatic ring is 1. The van der Waals surface area contributed by atoms with Gasteiger partial charge in [-0.2, -0.15) is 0 Å². The lowest BCUT2D eigenvalue weighted by molar-refractivity contribution is -0.248. The highest BCUT2D eigenvalue weighted by molar-refractivity contribution is 8.00. The van der Waals surface area contributed by atoms with E-state index in [0.29, 0.717) is 11.3 Å². The fraction of sp³-hybridized carbons (Fsp3) is 0.455. The molecule has 42 heavy (non-hydrogen) atoms. The number of nitrogens with one attached hydrogen (secondary N) is 1. The summed E-state index contributed by atoms with van der Waals surface area (Å²) >= 11 is 2.30. The summed E-state index contributed by atoms with van der Waals surface area (Å²) in [4.78, 5) is 57.1. The Morgan fingerprint density at radius 2 is 1.98 bits per heavy atom. The Labute approximate surface area is 244 Å². The highest BCUT2D eigenvalue weighted by atomic mass is 32.2. The summed E-state index contributed by atoms with van der Waals surface area (Å²) in [6.07, 6.45) is -3.47. The van der Waals surface area contributed by atoms with Crippen molar-refractivity contribution in [2.45, 2.75) is 42.1 Å². The van der Waals surface area contributed by atoms with Crippen molar-refractivity contribution in [1.29, 1.82) is 0 Å². The summed E-state index contributed by atoms with van der Waals surface area (Å²) in [6, 6.07) is -2.05. The molecule has 0 unspecified atom stereocenters. The Bertz CT molecular complexity index is 1280. The molecule has 20 heteroatoms. The molecule has 4 rings (SSSR count). The van der Waals surface area contributed by atoms with E-state index in [-0.39, 0.29) is 22.2 Å². The third kappa shape index (κ3) is 7.04. The third-order valence-corrected chi connectivity index (χ3v) is 7.98. The minimum absolute atomic E-state index is 0.0420. The summed E-state index contributed by atoms with van der Waals surface area (Å²) in [5.74, 6) is -3.72. The molecule has 2 amide bonds. The largest absolute Gasteiger partial charge is 0.479 e. The number of oxime groups is 1. The van der Waals surface area contributed by atoms with E-state index in [4.69, 9.17) is 31.5 Å². The van der Waals surface area contributed by atoms with Crippen molar-refractivity contribution >= 4 is 57.7 Å². The lowest BCUT2D eigenvalue weighted by atomic mass is 9.98. The summed E-state index contributed by atoms with van der Waals surface area (Å²) in [7, 11) is 0. The second-order valence-corrected chi connectivity index (χ2v) is 10.7. The van der Waals surface area contributed by atoms with E-state index in [1.54, 1.807) is 0 Å². The van der Waals surface area contributed by atoms with Crippen molar-refractivity contribution in [3.63, 3.8) is 0 Å². The number of hydrogen-bond donors (Lipinski definition) is 9. The van der Waals surface area contributed by atoms with Crippen molar-refractivity contribution < 1.29 is 59.4 Å². The van der Waals surface area contributed by atoms with Gasteiger partial charge < -0.3 is 57.0 Å². The number of carbonyl (C=O) groups is 4. The van der Waals surface area contributed by atoms with Gasteiger partial charge in [0.15, 0.2) is 17.1 Å². The van der Waals surface area contributed by atoms with Crippen LogP contribution in [0.25, 0.3) is 0 Å². The van der Waals surface area contributed by atoms with Gasteiger partial charge in [-0.3, -0.25) is 14.5 Å². The molecule has 0 aliphatic carbocycles. The van der Waals surface area contributed by atoms with Gasteiger partial charge in [-0.05, 0) is 5.57 Å². The van der Waals surface area contributed by atoms with Crippen LogP contribution in [0.4, 0.5) is 5.13 Å². The van der Waals surface area contributed by atoms with Crippen molar-refractivity contribution in [3.05, 3.63) is 35.0 Å². The first-order chi connectivity index (χ1) is 19.8. The molecule has 0 spiro atoms. The number of aliphatic hydroxyl groups excluding tert-OH is 4. The topological polar surface area (TPSA) is 301 Å². The Morgan fingerprint density at radius 1 is 1.29 bits per heavy atom. The van der Waals surface area contributed by atoms with Crippen molar-refractivity contribution in [2.24, 2.45) is 10.9 Å². The van der Waals surface area contributed by atoms with E-state index in [9.17, 15) is 34.5 Å². The molecular weight excluding hydrogens is 604 g/mol. The number of rotatable bonds is 9. The van der Waals surface area contributed by atoms with Crippen molar-refractivity contribution in [3.8, 4) is 0 Å². The molecule has 2 fully saturated rings. The zero-order valence-corrected chi connectivity index (χ0v) is 23.1. The van der Waals surface area contributed by atoms with Crippen LogP contribution < -0.4 is 16.8 Å². The van der Waals surface area contributed by atoms with Crippen LogP contribution in [0.1, 0.15) is 5.69 Å². The monoisotopic (exact) mass is 632 g/mol. The average molecular weight is 633 g/mol. The van der Waals surface area contributed by atoms with Gasteiger partial charge in [0.25, 0.3) is 11.8 Å². The number of ether oxygens (including phenoxy) is 1. The molecule has 2 saturated heterocycles. The number of thioether (sulfide) groups is 1. The van der Waals surface area contributed by atoms with E-state index >= 15 is 0 Å². The molecule has 0 aromatic carbocycles. The number of aliphatic hydroxyl groups is 4. The summed E-state index contributed by atoms with van der Waals surface area (Å²) in [5.41, 5.74) is 10.7.